The molecule has 0 bridgehead atoms. The lowest BCUT2D eigenvalue weighted by molar-refractivity contribution is -0.244. The number of halogens is 3. The lowest BCUT2D eigenvalue weighted by atomic mass is 9.88. The van der Waals surface area contributed by atoms with E-state index in [0.29, 0.717) is 56.7 Å². The molecule has 4 aliphatic rings. The Labute approximate surface area is 334 Å². The predicted molar refractivity (Wildman–Crippen MR) is 205 cm³/mol. The highest BCUT2D eigenvalue weighted by molar-refractivity contribution is 7.91. The number of allylic oxidation sites excluding steroid dienone is 1. The Hall–Kier alpha value is -4.68. The second-order valence-corrected chi connectivity index (χ2v) is 19.1. The quantitative estimate of drug-likeness (QED) is 0.326. The van der Waals surface area contributed by atoms with Crippen LogP contribution in [-0.2, 0) is 35.7 Å². The molecule has 2 aliphatic heterocycles. The molecule has 19 heteroatoms. The number of nitrogens with zero attached hydrogens (tertiary/aromatic N) is 3. The first kappa shape index (κ1) is 42.9. The lowest BCUT2D eigenvalue weighted by Crippen LogP contribution is -2.59. The number of ether oxygens (including phenoxy) is 2. The molecule has 3 N–H and O–H groups in total. The maximum absolute atomic E-state index is 14.8. The minimum atomic E-state index is -4.93. The van der Waals surface area contributed by atoms with Crippen molar-refractivity contribution in [2.24, 2.45) is 17.8 Å². The fourth-order valence-electron chi connectivity index (χ4n) is 7.71. The summed E-state index contributed by atoms with van der Waals surface area (Å²) in [4.78, 5) is 70.5. The predicted octanol–water partition coefficient (Wildman–Crippen LogP) is 4.09. The van der Waals surface area contributed by atoms with Gasteiger partial charge in [-0.3, -0.25) is 23.9 Å². The third-order valence-corrected chi connectivity index (χ3v) is 14.1. The van der Waals surface area contributed by atoms with Crippen molar-refractivity contribution in [3.05, 3.63) is 46.8 Å². The van der Waals surface area contributed by atoms with Gasteiger partial charge in [0.2, 0.25) is 33.3 Å². The van der Waals surface area contributed by atoms with Gasteiger partial charge in [0.1, 0.15) is 23.7 Å². The van der Waals surface area contributed by atoms with Crippen LogP contribution in [-0.4, -0.2) is 93.7 Å². The topological polar surface area (TPSA) is 195 Å². The number of hydrogen-bond donors (Lipinski definition) is 3. The Bertz CT molecular complexity index is 2170. The molecule has 2 aromatic rings. The number of carbonyl (C=O) groups excluding carboxylic acids is 4. The van der Waals surface area contributed by atoms with Gasteiger partial charge in [-0.15, -0.1) is 5.10 Å². The molecular formula is C39H51F3N6O9S. The minimum Gasteiger partial charge on any atom is -0.471 e. The Balaban J connectivity index is 1.37. The molecule has 4 amide bonds. The maximum Gasteiger partial charge on any atom is 0.427 e. The molecule has 3 heterocycles. The van der Waals surface area contributed by atoms with E-state index in [-0.39, 0.29) is 43.3 Å². The summed E-state index contributed by atoms with van der Waals surface area (Å²) in [6.45, 7) is 8.14. The molecule has 318 valence electrons. The van der Waals surface area contributed by atoms with Crippen molar-refractivity contribution in [1.82, 2.24) is 30.0 Å². The van der Waals surface area contributed by atoms with E-state index in [9.17, 15) is 45.6 Å². The van der Waals surface area contributed by atoms with Crippen molar-refractivity contribution in [3.63, 3.8) is 0 Å². The molecule has 1 aromatic carbocycles. The highest BCUT2D eigenvalue weighted by Gasteiger charge is 2.63. The number of rotatable bonds is 8. The number of aromatic nitrogens is 2. The van der Waals surface area contributed by atoms with E-state index in [0.717, 1.165) is 4.90 Å². The first-order chi connectivity index (χ1) is 27.0. The van der Waals surface area contributed by atoms with Gasteiger partial charge in [0, 0.05) is 18.9 Å². The molecular weight excluding hydrogens is 786 g/mol. The van der Waals surface area contributed by atoms with Crippen molar-refractivity contribution < 1.29 is 50.2 Å². The van der Waals surface area contributed by atoms with Crippen molar-refractivity contribution in [1.29, 1.82) is 0 Å². The van der Waals surface area contributed by atoms with Gasteiger partial charge in [-0.2, -0.15) is 13.2 Å². The smallest absolute Gasteiger partial charge is 0.427 e. The maximum atomic E-state index is 14.8. The Morgan fingerprint density at radius 2 is 1.74 bits per heavy atom. The van der Waals surface area contributed by atoms with E-state index in [1.807, 2.05) is 13.0 Å². The Morgan fingerprint density at radius 1 is 1.07 bits per heavy atom. The molecule has 1 saturated heterocycles. The molecule has 2 aliphatic carbocycles. The van der Waals surface area contributed by atoms with Crippen LogP contribution in [0.4, 0.5) is 18.0 Å². The van der Waals surface area contributed by atoms with E-state index < -0.39 is 85.9 Å². The second-order valence-electron chi connectivity index (χ2n) is 17.0. The van der Waals surface area contributed by atoms with E-state index in [4.69, 9.17) is 9.47 Å². The van der Waals surface area contributed by atoms with E-state index in [2.05, 4.69) is 20.5 Å². The van der Waals surface area contributed by atoms with Crippen molar-refractivity contribution >= 4 is 44.6 Å². The Morgan fingerprint density at radius 3 is 2.38 bits per heavy atom. The standard InChI is InChI=1S/C39H51F3N6O9S/c1-7-48-32(50)27-15-11-10-14-26(27)31(45-48)56-25-19-28-30(49)44-38(34(52)46-58(54,55)37(6)16-17-37)20-24(38)13-9-8-12-22(2)18-23(3)29(33(51)47(28)21-25)43-35(53)57-36(4,5)39(40,41)42/h9-11,13-15,22-25,28-29H,7-8,12,16-21H2,1-6H3,(H,43,53)(H,44,49)(H,46,52)/b13-9-/t22-,23+,24+,25+,28-,29-,38+/m0/s1. The number of aryl methyl sites for hydroxylation is 1. The fraction of sp³-hybridized carbons (Fsp3) is 0.641. The molecule has 3 fully saturated rings. The van der Waals surface area contributed by atoms with Gasteiger partial charge in [-0.05, 0) is 90.2 Å². The first-order valence-electron chi connectivity index (χ1n) is 19.6. The van der Waals surface area contributed by atoms with Gasteiger partial charge in [0.15, 0.2) is 0 Å². The van der Waals surface area contributed by atoms with Gasteiger partial charge in [0.05, 0.1) is 22.1 Å². The van der Waals surface area contributed by atoms with Crippen LogP contribution in [0.2, 0.25) is 0 Å². The lowest BCUT2D eigenvalue weighted by Gasteiger charge is -2.34. The molecule has 1 aromatic heterocycles. The minimum absolute atomic E-state index is 0.0505. The van der Waals surface area contributed by atoms with Crippen LogP contribution in [0.15, 0.2) is 41.2 Å². The largest absolute Gasteiger partial charge is 0.471 e. The summed E-state index contributed by atoms with van der Waals surface area (Å²) in [5.74, 6) is -3.78. The number of fused-ring (bicyclic) bond motifs is 3. The van der Waals surface area contributed by atoms with E-state index >= 15 is 0 Å². The number of alkyl halides is 3. The summed E-state index contributed by atoms with van der Waals surface area (Å²) in [7, 11) is -4.09. The average molecular weight is 837 g/mol. The van der Waals surface area contributed by atoms with Crippen LogP contribution in [0.3, 0.4) is 0 Å². The van der Waals surface area contributed by atoms with E-state index in [1.165, 1.54) is 11.6 Å². The average Bonchev–Trinajstić information content (AvgIpc) is 4.02. The number of alkyl carbamates (subject to hydrolysis) is 1. The highest BCUT2D eigenvalue weighted by Crippen LogP contribution is 2.47. The zero-order valence-corrected chi connectivity index (χ0v) is 34.2. The molecule has 15 nitrogen and oxygen atoms in total. The SMILES string of the molecule is CCn1nc(O[C@@H]2C[C@H]3C(=O)N[C@]4(C(=O)NS(=O)(=O)C5(C)CC5)C[C@H]4/C=C\CC[C@H](C)C[C@@H](C)[C@H](NC(=O)OC(C)(C)C(F)(F)F)C(=O)N3C2)c2ccccc2c1=O. The fourth-order valence-corrected chi connectivity index (χ4v) is 9.02. The number of hydrogen-bond acceptors (Lipinski definition) is 10. The van der Waals surface area contributed by atoms with Crippen LogP contribution in [0, 0.1) is 17.8 Å². The summed E-state index contributed by atoms with van der Waals surface area (Å²) in [5, 5.41) is 10.2. The van der Waals surface area contributed by atoms with Gasteiger partial charge in [-0.1, -0.05) is 38.1 Å². The van der Waals surface area contributed by atoms with E-state index in [1.54, 1.807) is 44.2 Å². The molecule has 0 radical (unpaired) electrons. The number of sulfonamides is 1. The number of benzene rings is 1. The van der Waals surface area contributed by atoms with Crippen LogP contribution < -0.4 is 25.7 Å². The van der Waals surface area contributed by atoms with Crippen LogP contribution >= 0.6 is 0 Å². The zero-order valence-electron chi connectivity index (χ0n) is 33.4. The van der Waals surface area contributed by atoms with Crippen LogP contribution in [0.1, 0.15) is 86.5 Å². The number of nitrogens with one attached hydrogen (secondary N) is 3. The monoisotopic (exact) mass is 836 g/mol. The highest BCUT2D eigenvalue weighted by atomic mass is 32.2. The van der Waals surface area contributed by atoms with Crippen LogP contribution in [0.5, 0.6) is 5.88 Å². The Kier molecular flexibility index (Phi) is 11.5. The normalized spacial score (nSPS) is 29.5. The molecule has 58 heavy (non-hydrogen) atoms. The van der Waals surface area contributed by atoms with Crippen molar-refractivity contribution in [2.45, 2.75) is 133 Å². The molecule has 7 atom stereocenters. The van der Waals surface area contributed by atoms with Crippen LogP contribution in [0.25, 0.3) is 10.8 Å². The third kappa shape index (κ3) is 8.41. The summed E-state index contributed by atoms with van der Waals surface area (Å²) >= 11 is 0. The summed E-state index contributed by atoms with van der Waals surface area (Å²) in [6, 6.07) is 3.79. The van der Waals surface area contributed by atoms with Gasteiger partial charge in [-0.25, -0.2) is 17.9 Å². The molecule has 2 saturated carbocycles. The second kappa shape index (κ2) is 15.5. The third-order valence-electron chi connectivity index (χ3n) is 12.0. The zero-order chi connectivity index (χ0) is 42.6. The summed E-state index contributed by atoms with van der Waals surface area (Å²) in [5.41, 5.74) is -4.92. The number of carbonyl (C=O) groups is 4. The summed E-state index contributed by atoms with van der Waals surface area (Å²) < 4.78 is 81.0. The van der Waals surface area contributed by atoms with Gasteiger partial charge < -0.3 is 25.0 Å². The first-order valence-corrected chi connectivity index (χ1v) is 21.1. The molecule has 0 unspecified atom stereocenters. The van der Waals surface area contributed by atoms with Crippen molar-refractivity contribution in [3.8, 4) is 5.88 Å². The summed E-state index contributed by atoms with van der Waals surface area (Å²) in [6.07, 6.45) is -1.63. The van der Waals surface area contributed by atoms with Gasteiger partial charge in [0.25, 0.3) is 11.5 Å². The molecule has 0 spiro atoms. The number of amides is 4. The van der Waals surface area contributed by atoms with Gasteiger partial charge >= 0.3 is 12.3 Å². The van der Waals surface area contributed by atoms with Crippen molar-refractivity contribution in [2.75, 3.05) is 6.54 Å². The molecule has 6 rings (SSSR count).